The Bertz CT molecular complexity index is 520. The second-order valence-electron chi connectivity index (χ2n) is 5.02. The van der Waals surface area contributed by atoms with Gasteiger partial charge in [0.05, 0.1) is 11.0 Å². The predicted octanol–water partition coefficient (Wildman–Crippen LogP) is 1.83. The Labute approximate surface area is 116 Å². The third kappa shape index (κ3) is 3.24. The standard InChI is InChI=1S/C13H17N3O4/c1-9-5-6-15(8-12(9)17)13(18)14-10-3-2-4-11(7-10)16(19)20/h2-4,7,9,12,17H,5-6,8H2,1H3,(H,14,18). The summed E-state index contributed by atoms with van der Waals surface area (Å²) in [5.74, 6) is 0.178. The van der Waals surface area contributed by atoms with Crippen LogP contribution in [0.15, 0.2) is 24.3 Å². The van der Waals surface area contributed by atoms with Crippen LogP contribution in [0.5, 0.6) is 0 Å². The van der Waals surface area contributed by atoms with E-state index in [1.807, 2.05) is 6.92 Å². The van der Waals surface area contributed by atoms with E-state index in [1.54, 1.807) is 6.07 Å². The molecule has 2 rings (SSSR count). The van der Waals surface area contributed by atoms with E-state index >= 15 is 0 Å². The zero-order valence-corrected chi connectivity index (χ0v) is 11.2. The molecular formula is C13H17N3O4. The van der Waals surface area contributed by atoms with Crippen LogP contribution in [0.1, 0.15) is 13.3 Å². The molecule has 0 saturated carbocycles. The van der Waals surface area contributed by atoms with E-state index in [-0.39, 0.29) is 24.2 Å². The molecule has 1 fully saturated rings. The first-order chi connectivity index (χ1) is 9.47. The van der Waals surface area contributed by atoms with Gasteiger partial charge in [-0.1, -0.05) is 13.0 Å². The fraction of sp³-hybridized carbons (Fsp3) is 0.462. The number of likely N-dealkylation sites (tertiary alicyclic amines) is 1. The number of anilines is 1. The van der Waals surface area contributed by atoms with Gasteiger partial charge in [0, 0.05) is 30.9 Å². The van der Waals surface area contributed by atoms with Crippen molar-refractivity contribution in [1.29, 1.82) is 0 Å². The number of hydrogen-bond donors (Lipinski definition) is 2. The van der Waals surface area contributed by atoms with Crippen molar-refractivity contribution in [3.05, 3.63) is 34.4 Å². The maximum Gasteiger partial charge on any atom is 0.321 e. The number of nitrogens with zero attached hydrogens (tertiary/aromatic N) is 2. The van der Waals surface area contributed by atoms with Crippen LogP contribution in [0, 0.1) is 16.0 Å². The largest absolute Gasteiger partial charge is 0.391 e. The van der Waals surface area contributed by atoms with E-state index in [9.17, 15) is 20.0 Å². The van der Waals surface area contributed by atoms with Gasteiger partial charge in [-0.05, 0) is 18.4 Å². The molecule has 1 aromatic carbocycles. The van der Waals surface area contributed by atoms with Gasteiger partial charge in [0.25, 0.3) is 5.69 Å². The summed E-state index contributed by atoms with van der Waals surface area (Å²) in [4.78, 5) is 23.7. The maximum absolute atomic E-state index is 12.0. The molecule has 0 aromatic heterocycles. The number of piperidine rings is 1. The minimum absolute atomic E-state index is 0.0740. The first-order valence-electron chi connectivity index (χ1n) is 6.46. The molecule has 1 aromatic rings. The normalized spacial score (nSPS) is 22.4. The monoisotopic (exact) mass is 279 g/mol. The molecule has 7 heteroatoms. The number of carbonyl (C=O) groups is 1. The number of hydrogen-bond acceptors (Lipinski definition) is 4. The number of nitrogens with one attached hydrogen (secondary N) is 1. The Hall–Kier alpha value is -2.15. The van der Waals surface area contributed by atoms with Crippen LogP contribution in [0.4, 0.5) is 16.2 Å². The minimum atomic E-state index is -0.528. The van der Waals surface area contributed by atoms with Crippen LogP contribution in [-0.2, 0) is 0 Å². The SMILES string of the molecule is CC1CCN(C(=O)Nc2cccc([N+](=O)[O-])c2)CC1O. The molecule has 2 amide bonds. The van der Waals surface area contributed by atoms with E-state index in [1.165, 1.54) is 23.1 Å². The van der Waals surface area contributed by atoms with Crippen molar-refractivity contribution in [2.45, 2.75) is 19.4 Å². The zero-order valence-electron chi connectivity index (χ0n) is 11.2. The van der Waals surface area contributed by atoms with E-state index in [0.29, 0.717) is 12.2 Å². The first kappa shape index (κ1) is 14.3. The van der Waals surface area contributed by atoms with E-state index < -0.39 is 11.0 Å². The molecule has 2 atom stereocenters. The lowest BCUT2D eigenvalue weighted by molar-refractivity contribution is -0.384. The number of aliphatic hydroxyl groups is 1. The van der Waals surface area contributed by atoms with E-state index in [4.69, 9.17) is 0 Å². The van der Waals surface area contributed by atoms with E-state index in [2.05, 4.69) is 5.32 Å². The Kier molecular flexibility index (Phi) is 4.19. The predicted molar refractivity (Wildman–Crippen MR) is 73.5 cm³/mol. The molecule has 1 aliphatic rings. The molecule has 1 aliphatic heterocycles. The number of urea groups is 1. The molecule has 108 valence electrons. The highest BCUT2D eigenvalue weighted by Gasteiger charge is 2.27. The van der Waals surface area contributed by atoms with Crippen LogP contribution in [0.25, 0.3) is 0 Å². The number of nitro benzene ring substituents is 1. The number of nitro groups is 1. The molecule has 20 heavy (non-hydrogen) atoms. The highest BCUT2D eigenvalue weighted by Crippen LogP contribution is 2.20. The third-order valence-corrected chi connectivity index (χ3v) is 3.51. The number of carbonyl (C=O) groups excluding carboxylic acids is 1. The Morgan fingerprint density at radius 2 is 2.30 bits per heavy atom. The van der Waals surface area contributed by atoms with Crippen LogP contribution < -0.4 is 5.32 Å². The highest BCUT2D eigenvalue weighted by molar-refractivity contribution is 5.89. The van der Waals surface area contributed by atoms with Crippen molar-refractivity contribution < 1.29 is 14.8 Å². The summed E-state index contributed by atoms with van der Waals surface area (Å²) in [5, 5.41) is 23.1. The fourth-order valence-corrected chi connectivity index (χ4v) is 2.13. The average Bonchev–Trinajstić information content (AvgIpc) is 2.42. The molecule has 1 saturated heterocycles. The molecule has 7 nitrogen and oxygen atoms in total. The number of amides is 2. The summed E-state index contributed by atoms with van der Waals surface area (Å²) in [5.41, 5.74) is 0.299. The van der Waals surface area contributed by atoms with Gasteiger partial charge >= 0.3 is 6.03 Å². The van der Waals surface area contributed by atoms with Gasteiger partial charge in [0.1, 0.15) is 0 Å². The molecule has 2 unspecified atom stereocenters. The van der Waals surface area contributed by atoms with Crippen LogP contribution in [0.3, 0.4) is 0 Å². The number of aliphatic hydroxyl groups excluding tert-OH is 1. The van der Waals surface area contributed by atoms with E-state index in [0.717, 1.165) is 6.42 Å². The lowest BCUT2D eigenvalue weighted by Crippen LogP contribution is -2.47. The van der Waals surface area contributed by atoms with Crippen molar-refractivity contribution >= 4 is 17.4 Å². The van der Waals surface area contributed by atoms with Crippen LogP contribution in [-0.4, -0.2) is 40.2 Å². The van der Waals surface area contributed by atoms with Crippen molar-refractivity contribution in [3.8, 4) is 0 Å². The van der Waals surface area contributed by atoms with Crippen LogP contribution >= 0.6 is 0 Å². The molecule has 0 aliphatic carbocycles. The van der Waals surface area contributed by atoms with Gasteiger partial charge in [-0.3, -0.25) is 10.1 Å². The second kappa shape index (κ2) is 5.87. The summed E-state index contributed by atoms with van der Waals surface area (Å²) in [7, 11) is 0. The van der Waals surface area contributed by atoms with Crippen LogP contribution in [0.2, 0.25) is 0 Å². The summed E-state index contributed by atoms with van der Waals surface area (Å²) >= 11 is 0. The maximum atomic E-state index is 12.0. The van der Waals surface area contributed by atoms with Gasteiger partial charge in [-0.15, -0.1) is 0 Å². The third-order valence-electron chi connectivity index (χ3n) is 3.51. The lowest BCUT2D eigenvalue weighted by atomic mass is 9.96. The number of β-amino-alcohol motifs (C(OH)–C–C–N with tert-alkyl or cyclic N) is 1. The number of benzene rings is 1. The number of non-ortho nitro benzene ring substituents is 1. The quantitative estimate of drug-likeness (QED) is 0.637. The van der Waals surface area contributed by atoms with Crippen molar-refractivity contribution in [1.82, 2.24) is 4.90 Å². The Morgan fingerprint density at radius 3 is 2.95 bits per heavy atom. The van der Waals surface area contributed by atoms with Gasteiger partial charge < -0.3 is 15.3 Å². The topological polar surface area (TPSA) is 95.7 Å². The van der Waals surface area contributed by atoms with Crippen molar-refractivity contribution in [2.75, 3.05) is 18.4 Å². The summed E-state index contributed by atoms with van der Waals surface area (Å²) in [6.45, 7) is 2.79. The fourth-order valence-electron chi connectivity index (χ4n) is 2.13. The van der Waals surface area contributed by atoms with Gasteiger partial charge in [0.15, 0.2) is 0 Å². The molecule has 0 radical (unpaired) electrons. The zero-order chi connectivity index (χ0) is 14.7. The summed E-state index contributed by atoms with van der Waals surface area (Å²) in [6.07, 6.45) is 0.211. The second-order valence-corrected chi connectivity index (χ2v) is 5.02. The Morgan fingerprint density at radius 1 is 1.55 bits per heavy atom. The first-order valence-corrected chi connectivity index (χ1v) is 6.46. The van der Waals surface area contributed by atoms with Gasteiger partial charge in [-0.25, -0.2) is 4.79 Å². The molecule has 2 N–H and O–H groups in total. The lowest BCUT2D eigenvalue weighted by Gasteiger charge is -2.34. The van der Waals surface area contributed by atoms with Gasteiger partial charge in [-0.2, -0.15) is 0 Å². The Balaban J connectivity index is 2.01. The highest BCUT2D eigenvalue weighted by atomic mass is 16.6. The summed E-state index contributed by atoms with van der Waals surface area (Å²) in [6, 6.07) is 5.42. The minimum Gasteiger partial charge on any atom is -0.391 e. The van der Waals surface area contributed by atoms with Crippen molar-refractivity contribution in [2.24, 2.45) is 5.92 Å². The van der Waals surface area contributed by atoms with Gasteiger partial charge in [0.2, 0.25) is 0 Å². The number of rotatable bonds is 2. The molecular weight excluding hydrogens is 262 g/mol. The summed E-state index contributed by atoms with van der Waals surface area (Å²) < 4.78 is 0. The average molecular weight is 279 g/mol. The molecule has 1 heterocycles. The molecule has 0 bridgehead atoms. The smallest absolute Gasteiger partial charge is 0.321 e. The van der Waals surface area contributed by atoms with Crippen molar-refractivity contribution in [3.63, 3.8) is 0 Å². The molecule has 0 spiro atoms.